The van der Waals surface area contributed by atoms with Crippen molar-refractivity contribution < 1.29 is 14.6 Å². The Hall–Kier alpha value is -1.26. The molecule has 3 N–H and O–H groups in total. The Balaban J connectivity index is 2.63. The summed E-state index contributed by atoms with van der Waals surface area (Å²) in [5.74, 6) is 1.33. The highest BCUT2D eigenvalue weighted by atomic mass is 16.5. The molecule has 1 aromatic carbocycles. The molecule has 1 rings (SSSR count). The molecule has 17 heavy (non-hydrogen) atoms. The van der Waals surface area contributed by atoms with Gasteiger partial charge in [-0.1, -0.05) is 19.1 Å². The zero-order valence-corrected chi connectivity index (χ0v) is 10.5. The lowest BCUT2D eigenvalue weighted by molar-refractivity contribution is 0.0186. The van der Waals surface area contributed by atoms with Gasteiger partial charge in [-0.15, -0.1) is 0 Å². The van der Waals surface area contributed by atoms with Crippen LogP contribution in [0.1, 0.15) is 20.3 Å². The van der Waals surface area contributed by atoms with E-state index in [0.717, 1.165) is 6.42 Å². The van der Waals surface area contributed by atoms with Crippen LogP contribution in [0.5, 0.6) is 11.5 Å². The molecular weight excluding hydrogens is 218 g/mol. The van der Waals surface area contributed by atoms with Gasteiger partial charge in [-0.2, -0.15) is 0 Å². The van der Waals surface area contributed by atoms with E-state index in [1.54, 1.807) is 6.92 Å². The van der Waals surface area contributed by atoms with E-state index < -0.39 is 5.60 Å². The van der Waals surface area contributed by atoms with Crippen molar-refractivity contribution >= 4 is 0 Å². The molecule has 0 saturated heterocycles. The number of aliphatic hydroxyl groups is 1. The lowest BCUT2D eigenvalue weighted by Gasteiger charge is -2.22. The first-order chi connectivity index (χ1) is 8.09. The number of nitrogens with two attached hydrogens (primary N) is 1. The molecule has 0 saturated carbocycles. The van der Waals surface area contributed by atoms with E-state index in [1.807, 2.05) is 31.2 Å². The molecule has 0 amide bonds. The molecule has 96 valence electrons. The molecule has 4 nitrogen and oxygen atoms in total. The van der Waals surface area contributed by atoms with E-state index in [0.29, 0.717) is 18.1 Å². The van der Waals surface area contributed by atoms with Gasteiger partial charge in [0.15, 0.2) is 11.5 Å². The van der Waals surface area contributed by atoms with Crippen LogP contribution in [-0.4, -0.2) is 30.5 Å². The van der Waals surface area contributed by atoms with Gasteiger partial charge in [0.05, 0.1) is 6.61 Å². The van der Waals surface area contributed by atoms with Gasteiger partial charge in [0.25, 0.3) is 0 Å². The molecule has 0 spiro atoms. The van der Waals surface area contributed by atoms with Crippen molar-refractivity contribution in [2.45, 2.75) is 25.9 Å². The second-order valence-electron chi connectivity index (χ2n) is 4.28. The average molecular weight is 239 g/mol. The van der Waals surface area contributed by atoms with Gasteiger partial charge in [0.1, 0.15) is 12.2 Å². The fraction of sp³-hybridized carbons (Fsp3) is 0.538. The van der Waals surface area contributed by atoms with E-state index in [4.69, 9.17) is 15.2 Å². The standard InChI is InChI=1S/C13H21NO3/c1-3-8-16-11-6-4-5-7-12(11)17-10-13(2,15)9-14/h4-7,15H,3,8-10,14H2,1-2H3. The van der Waals surface area contributed by atoms with Gasteiger partial charge in [0.2, 0.25) is 0 Å². The van der Waals surface area contributed by atoms with Crippen molar-refractivity contribution in [3.05, 3.63) is 24.3 Å². The van der Waals surface area contributed by atoms with E-state index >= 15 is 0 Å². The van der Waals surface area contributed by atoms with Crippen LogP contribution in [0.4, 0.5) is 0 Å². The fourth-order valence-electron chi connectivity index (χ4n) is 1.19. The van der Waals surface area contributed by atoms with Gasteiger partial charge < -0.3 is 20.3 Å². The normalized spacial score (nSPS) is 14.1. The molecule has 0 aliphatic carbocycles. The summed E-state index contributed by atoms with van der Waals surface area (Å²) in [6, 6.07) is 7.42. The minimum Gasteiger partial charge on any atom is -0.490 e. The predicted molar refractivity (Wildman–Crippen MR) is 67.4 cm³/mol. The molecule has 0 bridgehead atoms. The number of hydrogen-bond donors (Lipinski definition) is 2. The molecular formula is C13H21NO3. The van der Waals surface area contributed by atoms with Crippen molar-refractivity contribution in [3.63, 3.8) is 0 Å². The Morgan fingerprint density at radius 3 is 2.35 bits per heavy atom. The molecule has 4 heteroatoms. The van der Waals surface area contributed by atoms with Crippen LogP contribution in [0.2, 0.25) is 0 Å². The van der Waals surface area contributed by atoms with Crippen LogP contribution in [-0.2, 0) is 0 Å². The SMILES string of the molecule is CCCOc1ccccc1OCC(C)(O)CN. The Morgan fingerprint density at radius 2 is 1.82 bits per heavy atom. The maximum absolute atomic E-state index is 9.76. The van der Waals surface area contributed by atoms with E-state index in [2.05, 4.69) is 0 Å². The highest BCUT2D eigenvalue weighted by Crippen LogP contribution is 2.27. The van der Waals surface area contributed by atoms with E-state index in [-0.39, 0.29) is 13.2 Å². The first-order valence-corrected chi connectivity index (χ1v) is 5.86. The summed E-state index contributed by atoms with van der Waals surface area (Å²) >= 11 is 0. The molecule has 0 aromatic heterocycles. The van der Waals surface area contributed by atoms with Crippen molar-refractivity contribution in [1.29, 1.82) is 0 Å². The van der Waals surface area contributed by atoms with Crippen molar-refractivity contribution in [3.8, 4) is 11.5 Å². The van der Waals surface area contributed by atoms with Crippen LogP contribution < -0.4 is 15.2 Å². The van der Waals surface area contributed by atoms with Crippen LogP contribution in [0, 0.1) is 0 Å². The minimum atomic E-state index is -1.02. The smallest absolute Gasteiger partial charge is 0.161 e. The van der Waals surface area contributed by atoms with E-state index in [1.165, 1.54) is 0 Å². The summed E-state index contributed by atoms with van der Waals surface area (Å²) in [7, 11) is 0. The molecule has 0 fully saturated rings. The molecule has 0 heterocycles. The summed E-state index contributed by atoms with van der Waals surface area (Å²) in [6.45, 7) is 4.64. The van der Waals surface area contributed by atoms with Gasteiger partial charge >= 0.3 is 0 Å². The average Bonchev–Trinajstić information content (AvgIpc) is 2.35. The predicted octanol–water partition coefficient (Wildman–Crippen LogP) is 1.56. The molecule has 0 aliphatic heterocycles. The summed E-state index contributed by atoms with van der Waals surface area (Å²) in [5, 5.41) is 9.76. The third kappa shape index (κ3) is 4.63. The first kappa shape index (κ1) is 13.8. The largest absolute Gasteiger partial charge is 0.490 e. The van der Waals surface area contributed by atoms with Crippen molar-refractivity contribution in [2.75, 3.05) is 19.8 Å². The lowest BCUT2D eigenvalue weighted by atomic mass is 10.1. The number of benzene rings is 1. The highest BCUT2D eigenvalue weighted by molar-refractivity contribution is 5.39. The van der Waals surface area contributed by atoms with Gasteiger partial charge in [-0.3, -0.25) is 0 Å². The summed E-state index contributed by atoms with van der Waals surface area (Å²) in [6.07, 6.45) is 0.939. The third-order valence-electron chi connectivity index (χ3n) is 2.29. The zero-order valence-electron chi connectivity index (χ0n) is 10.5. The maximum atomic E-state index is 9.76. The van der Waals surface area contributed by atoms with Gasteiger partial charge in [-0.05, 0) is 25.5 Å². The molecule has 0 radical (unpaired) electrons. The fourth-order valence-corrected chi connectivity index (χ4v) is 1.19. The van der Waals surface area contributed by atoms with E-state index in [9.17, 15) is 5.11 Å². The van der Waals surface area contributed by atoms with Crippen LogP contribution in [0.3, 0.4) is 0 Å². The quantitative estimate of drug-likeness (QED) is 0.758. The number of para-hydroxylation sites is 2. The minimum absolute atomic E-state index is 0.149. The zero-order chi connectivity index (χ0) is 12.7. The Morgan fingerprint density at radius 1 is 1.24 bits per heavy atom. The molecule has 1 atom stereocenters. The summed E-state index contributed by atoms with van der Waals surface area (Å²) < 4.78 is 11.1. The summed E-state index contributed by atoms with van der Waals surface area (Å²) in [4.78, 5) is 0. The molecule has 0 aliphatic rings. The van der Waals surface area contributed by atoms with Crippen LogP contribution in [0.25, 0.3) is 0 Å². The summed E-state index contributed by atoms with van der Waals surface area (Å²) in [5.41, 5.74) is 4.41. The lowest BCUT2D eigenvalue weighted by Crippen LogP contribution is -2.40. The molecule has 1 unspecified atom stereocenters. The molecule has 1 aromatic rings. The van der Waals surface area contributed by atoms with Gasteiger partial charge in [0, 0.05) is 6.54 Å². The van der Waals surface area contributed by atoms with Gasteiger partial charge in [-0.25, -0.2) is 0 Å². The Labute approximate surface area is 102 Å². The number of ether oxygens (including phenoxy) is 2. The first-order valence-electron chi connectivity index (χ1n) is 5.86. The number of rotatable bonds is 7. The van der Waals surface area contributed by atoms with Crippen LogP contribution >= 0.6 is 0 Å². The van der Waals surface area contributed by atoms with Crippen molar-refractivity contribution in [1.82, 2.24) is 0 Å². The maximum Gasteiger partial charge on any atom is 0.161 e. The topological polar surface area (TPSA) is 64.7 Å². The second kappa shape index (κ2) is 6.47. The third-order valence-corrected chi connectivity index (χ3v) is 2.29. The second-order valence-corrected chi connectivity index (χ2v) is 4.28. The Bertz CT molecular complexity index is 339. The monoisotopic (exact) mass is 239 g/mol. The van der Waals surface area contributed by atoms with Crippen molar-refractivity contribution in [2.24, 2.45) is 5.73 Å². The number of hydrogen-bond acceptors (Lipinski definition) is 4. The Kier molecular flexibility index (Phi) is 5.25. The van der Waals surface area contributed by atoms with Crippen LogP contribution in [0.15, 0.2) is 24.3 Å². The highest BCUT2D eigenvalue weighted by Gasteiger charge is 2.19.